The average molecular weight is 245 g/mol. The molecule has 0 atom stereocenters. The Bertz CT molecular complexity index is 526. The molecule has 0 saturated heterocycles. The van der Waals surface area contributed by atoms with Crippen molar-refractivity contribution in [3.63, 3.8) is 0 Å². The zero-order valence-corrected chi connectivity index (χ0v) is 11.8. The molecule has 0 amide bonds. The lowest BCUT2D eigenvalue weighted by Gasteiger charge is -2.07. The van der Waals surface area contributed by atoms with Crippen LogP contribution in [0.1, 0.15) is 44.3 Å². The molecule has 0 radical (unpaired) electrons. The number of imidazole rings is 1. The number of fused-ring (bicyclic) bond motifs is 1. The molecular formula is C15H23N3. The molecule has 0 aliphatic carbocycles. The fourth-order valence-corrected chi connectivity index (χ4v) is 2.29. The van der Waals surface area contributed by atoms with Crippen LogP contribution in [0.5, 0.6) is 0 Å². The lowest BCUT2D eigenvalue weighted by Crippen LogP contribution is -2.22. The summed E-state index contributed by atoms with van der Waals surface area (Å²) in [7, 11) is 0. The molecular weight excluding hydrogens is 222 g/mol. The Balaban J connectivity index is 2.44. The number of hydrogen-bond donors (Lipinski definition) is 1. The quantitative estimate of drug-likeness (QED) is 0.877. The van der Waals surface area contributed by atoms with E-state index in [9.17, 15) is 0 Å². The van der Waals surface area contributed by atoms with Crippen molar-refractivity contribution in [2.24, 2.45) is 0 Å². The van der Waals surface area contributed by atoms with E-state index in [1.54, 1.807) is 0 Å². The molecule has 0 fully saturated rings. The Labute approximate surface area is 109 Å². The van der Waals surface area contributed by atoms with Crippen molar-refractivity contribution in [3.05, 3.63) is 35.4 Å². The van der Waals surface area contributed by atoms with Crippen molar-refractivity contribution < 1.29 is 0 Å². The maximum Gasteiger partial charge on any atom is 0.113 e. The molecule has 3 nitrogen and oxygen atoms in total. The first kappa shape index (κ1) is 13.1. The minimum Gasteiger partial charge on any atom is -0.309 e. The van der Waals surface area contributed by atoms with Gasteiger partial charge < -0.3 is 9.72 Å². The molecule has 0 aromatic carbocycles. The number of aryl methyl sites for hydroxylation is 2. The number of aromatic nitrogens is 2. The van der Waals surface area contributed by atoms with Gasteiger partial charge in [0.05, 0.1) is 11.2 Å². The van der Waals surface area contributed by atoms with Crippen LogP contribution in [0.3, 0.4) is 0 Å². The molecule has 2 rings (SSSR count). The zero-order chi connectivity index (χ0) is 13.1. The molecule has 98 valence electrons. The third-order valence-electron chi connectivity index (χ3n) is 3.16. The van der Waals surface area contributed by atoms with Gasteiger partial charge in [-0.25, -0.2) is 4.98 Å². The van der Waals surface area contributed by atoms with Gasteiger partial charge in [-0.15, -0.1) is 0 Å². The van der Waals surface area contributed by atoms with E-state index in [1.807, 2.05) is 0 Å². The smallest absolute Gasteiger partial charge is 0.113 e. The highest BCUT2D eigenvalue weighted by molar-refractivity contribution is 5.59. The summed E-state index contributed by atoms with van der Waals surface area (Å²) in [4.78, 5) is 4.81. The third-order valence-corrected chi connectivity index (χ3v) is 3.16. The number of pyridine rings is 1. The van der Waals surface area contributed by atoms with Gasteiger partial charge in [0.15, 0.2) is 0 Å². The molecule has 3 heteroatoms. The van der Waals surface area contributed by atoms with Gasteiger partial charge in [-0.1, -0.05) is 26.8 Å². The van der Waals surface area contributed by atoms with Crippen molar-refractivity contribution in [1.29, 1.82) is 0 Å². The Morgan fingerprint density at radius 3 is 2.83 bits per heavy atom. The van der Waals surface area contributed by atoms with Gasteiger partial charge in [0.25, 0.3) is 0 Å². The largest absolute Gasteiger partial charge is 0.309 e. The van der Waals surface area contributed by atoms with E-state index in [4.69, 9.17) is 4.98 Å². The highest BCUT2D eigenvalue weighted by Crippen LogP contribution is 2.18. The van der Waals surface area contributed by atoms with Crippen molar-refractivity contribution in [1.82, 2.24) is 14.7 Å². The van der Waals surface area contributed by atoms with Crippen LogP contribution < -0.4 is 5.32 Å². The summed E-state index contributed by atoms with van der Waals surface area (Å²) in [6.07, 6.45) is 4.29. The van der Waals surface area contributed by atoms with Gasteiger partial charge in [-0.05, 0) is 25.0 Å². The summed E-state index contributed by atoms with van der Waals surface area (Å²) < 4.78 is 2.25. The van der Waals surface area contributed by atoms with Crippen LogP contribution in [0.4, 0.5) is 0 Å². The van der Waals surface area contributed by atoms with Gasteiger partial charge in [0.2, 0.25) is 0 Å². The van der Waals surface area contributed by atoms with E-state index in [0.717, 1.165) is 19.4 Å². The van der Waals surface area contributed by atoms with Crippen molar-refractivity contribution in [2.45, 2.75) is 53.1 Å². The molecule has 2 aromatic rings. The normalized spacial score (nSPS) is 11.6. The molecule has 0 aliphatic rings. The van der Waals surface area contributed by atoms with Crippen LogP contribution in [0, 0.1) is 6.92 Å². The Morgan fingerprint density at radius 1 is 1.39 bits per heavy atom. The molecule has 1 N–H and O–H groups in total. The summed E-state index contributed by atoms with van der Waals surface area (Å²) in [5.74, 6) is 1.18. The Kier molecular flexibility index (Phi) is 4.02. The Hall–Kier alpha value is -1.35. The van der Waals surface area contributed by atoms with E-state index >= 15 is 0 Å². The monoisotopic (exact) mass is 245 g/mol. The fraction of sp³-hybridized carbons (Fsp3) is 0.533. The zero-order valence-electron chi connectivity index (χ0n) is 11.8. The first-order valence-corrected chi connectivity index (χ1v) is 6.82. The number of nitrogens with zero attached hydrogens (tertiary/aromatic N) is 2. The predicted octanol–water partition coefficient (Wildman–Crippen LogP) is 3.09. The highest BCUT2D eigenvalue weighted by Gasteiger charge is 2.12. The summed E-state index contributed by atoms with van der Waals surface area (Å²) in [5, 5.41) is 3.46. The molecule has 0 spiro atoms. The standard InChI is InChI=1S/C15H23N3/c1-5-7-14-17-13(10-16-11(2)3)15-12(4)8-6-9-18(14)15/h6,8-9,11,16H,5,7,10H2,1-4H3. The molecule has 0 bridgehead atoms. The predicted molar refractivity (Wildman–Crippen MR) is 75.9 cm³/mol. The Morgan fingerprint density at radius 2 is 2.17 bits per heavy atom. The van der Waals surface area contributed by atoms with E-state index in [2.05, 4.69) is 55.7 Å². The van der Waals surface area contributed by atoms with Gasteiger partial charge in [0, 0.05) is 25.2 Å². The van der Waals surface area contributed by atoms with Gasteiger partial charge in [0.1, 0.15) is 5.82 Å². The van der Waals surface area contributed by atoms with Crippen LogP contribution in [0.2, 0.25) is 0 Å². The fourth-order valence-electron chi connectivity index (χ4n) is 2.29. The maximum atomic E-state index is 4.81. The second kappa shape index (κ2) is 5.53. The molecule has 0 saturated carbocycles. The molecule has 2 heterocycles. The highest BCUT2D eigenvalue weighted by atomic mass is 15.0. The SMILES string of the molecule is CCCc1nc(CNC(C)C)c2c(C)cccn12. The van der Waals surface area contributed by atoms with Gasteiger partial charge in [-0.2, -0.15) is 0 Å². The van der Waals surface area contributed by atoms with Crippen molar-refractivity contribution in [3.8, 4) is 0 Å². The maximum absolute atomic E-state index is 4.81. The summed E-state index contributed by atoms with van der Waals surface area (Å²) in [6.45, 7) is 9.53. The molecule has 0 unspecified atom stereocenters. The molecule has 2 aromatic heterocycles. The average Bonchev–Trinajstić information content (AvgIpc) is 2.67. The number of hydrogen-bond acceptors (Lipinski definition) is 2. The van der Waals surface area contributed by atoms with Crippen LogP contribution in [0.15, 0.2) is 18.3 Å². The molecule has 18 heavy (non-hydrogen) atoms. The molecule has 0 aliphatic heterocycles. The minimum absolute atomic E-state index is 0.486. The van der Waals surface area contributed by atoms with E-state index in [0.29, 0.717) is 6.04 Å². The minimum atomic E-state index is 0.486. The van der Waals surface area contributed by atoms with Crippen molar-refractivity contribution >= 4 is 5.52 Å². The van der Waals surface area contributed by atoms with E-state index in [-0.39, 0.29) is 0 Å². The van der Waals surface area contributed by atoms with Crippen molar-refractivity contribution in [2.75, 3.05) is 0 Å². The van der Waals surface area contributed by atoms with Gasteiger partial charge in [-0.3, -0.25) is 0 Å². The first-order valence-electron chi connectivity index (χ1n) is 6.82. The number of nitrogens with one attached hydrogen (secondary N) is 1. The van der Waals surface area contributed by atoms with E-state index in [1.165, 1.54) is 22.6 Å². The number of rotatable bonds is 5. The van der Waals surface area contributed by atoms with Crippen LogP contribution in [0.25, 0.3) is 5.52 Å². The second-order valence-electron chi connectivity index (χ2n) is 5.17. The lowest BCUT2D eigenvalue weighted by molar-refractivity contribution is 0.583. The van der Waals surface area contributed by atoms with Crippen LogP contribution >= 0.6 is 0 Å². The third kappa shape index (κ3) is 2.56. The van der Waals surface area contributed by atoms with E-state index < -0.39 is 0 Å². The summed E-state index contributed by atoms with van der Waals surface area (Å²) >= 11 is 0. The van der Waals surface area contributed by atoms with Crippen LogP contribution in [-0.2, 0) is 13.0 Å². The van der Waals surface area contributed by atoms with Crippen LogP contribution in [-0.4, -0.2) is 15.4 Å². The summed E-state index contributed by atoms with van der Waals surface area (Å²) in [5.41, 5.74) is 3.74. The second-order valence-corrected chi connectivity index (χ2v) is 5.17. The lowest BCUT2D eigenvalue weighted by atomic mass is 10.2. The summed E-state index contributed by atoms with van der Waals surface area (Å²) in [6, 6.07) is 4.74. The van der Waals surface area contributed by atoms with Gasteiger partial charge >= 0.3 is 0 Å². The topological polar surface area (TPSA) is 29.3 Å². The first-order chi connectivity index (χ1) is 8.63.